The molecule has 2 aliphatic heterocycles. The first-order valence-electron chi connectivity index (χ1n) is 9.15. The summed E-state index contributed by atoms with van der Waals surface area (Å²) in [5, 5.41) is 8.83. The molecule has 0 bridgehead atoms. The number of nitrogens with zero attached hydrogens (tertiary/aromatic N) is 4. The van der Waals surface area contributed by atoms with Crippen molar-refractivity contribution in [2.24, 2.45) is 0 Å². The lowest BCUT2D eigenvalue weighted by Crippen LogP contribution is -2.62. The third kappa shape index (κ3) is 2.09. The maximum atomic E-state index is 12.0. The topological polar surface area (TPSA) is 78.8 Å². The van der Waals surface area contributed by atoms with E-state index in [9.17, 15) is 4.79 Å². The number of amides is 2. The molecule has 5 rings (SSSR count). The van der Waals surface area contributed by atoms with E-state index in [0.29, 0.717) is 6.54 Å². The molecule has 3 aromatic heterocycles. The number of pyridine rings is 1. The second-order valence-electron chi connectivity index (χ2n) is 7.45. The van der Waals surface area contributed by atoms with Crippen molar-refractivity contribution >= 4 is 17.1 Å². The van der Waals surface area contributed by atoms with E-state index in [1.807, 2.05) is 24.2 Å². The quantitative estimate of drug-likeness (QED) is 0.745. The zero-order valence-electron chi connectivity index (χ0n) is 15.0. The van der Waals surface area contributed by atoms with Gasteiger partial charge in [-0.25, -0.2) is 9.78 Å². The van der Waals surface area contributed by atoms with E-state index in [1.54, 1.807) is 0 Å². The molecular formula is C19H22N6O. The smallest absolute Gasteiger partial charge is 0.317 e. The van der Waals surface area contributed by atoms with Crippen LogP contribution in [0, 0.1) is 6.92 Å². The minimum Gasteiger partial charge on any atom is -0.346 e. The Balaban J connectivity index is 1.44. The lowest BCUT2D eigenvalue weighted by molar-refractivity contribution is 0.0925. The van der Waals surface area contributed by atoms with Crippen molar-refractivity contribution in [3.8, 4) is 11.3 Å². The van der Waals surface area contributed by atoms with Crippen LogP contribution in [-0.2, 0) is 12.0 Å². The van der Waals surface area contributed by atoms with E-state index >= 15 is 0 Å². The van der Waals surface area contributed by atoms with E-state index in [2.05, 4.69) is 39.0 Å². The van der Waals surface area contributed by atoms with Gasteiger partial charge in [-0.15, -0.1) is 0 Å². The number of aryl methyl sites for hydroxylation is 2. The standard InChI is InChI=1S/C19H22N6O/c1-3-20-18(26)24-10-19(11-24)4-5-25-16(19)7-15(23-25)13-6-14-12(2)8-21-17(14)22-9-13/h6-9H,3-5,10-11H2,1-2H3,(H,20,26)(H,21,22). The average molecular weight is 350 g/mol. The Morgan fingerprint density at radius 2 is 2.23 bits per heavy atom. The van der Waals surface area contributed by atoms with Gasteiger partial charge in [0.2, 0.25) is 0 Å². The second kappa shape index (κ2) is 5.33. The van der Waals surface area contributed by atoms with Crippen molar-refractivity contribution in [2.45, 2.75) is 32.2 Å². The van der Waals surface area contributed by atoms with Crippen molar-refractivity contribution in [2.75, 3.05) is 19.6 Å². The third-order valence-electron chi connectivity index (χ3n) is 5.76. The van der Waals surface area contributed by atoms with Gasteiger partial charge in [0.05, 0.1) is 5.69 Å². The van der Waals surface area contributed by atoms with Gasteiger partial charge in [0.15, 0.2) is 0 Å². The summed E-state index contributed by atoms with van der Waals surface area (Å²) >= 11 is 0. The summed E-state index contributed by atoms with van der Waals surface area (Å²) in [6.45, 7) is 7.16. The van der Waals surface area contributed by atoms with Crippen molar-refractivity contribution in [3.63, 3.8) is 0 Å². The highest BCUT2D eigenvalue weighted by Gasteiger charge is 2.51. The minimum atomic E-state index is 0.0360. The van der Waals surface area contributed by atoms with Gasteiger partial charge in [0, 0.05) is 60.6 Å². The molecule has 5 heterocycles. The number of hydrogen-bond donors (Lipinski definition) is 2. The van der Waals surface area contributed by atoms with Crippen LogP contribution in [0.4, 0.5) is 4.79 Å². The van der Waals surface area contributed by atoms with Crippen molar-refractivity contribution < 1.29 is 4.79 Å². The highest BCUT2D eigenvalue weighted by molar-refractivity contribution is 5.84. The van der Waals surface area contributed by atoms with Crippen LogP contribution in [0.5, 0.6) is 0 Å². The van der Waals surface area contributed by atoms with Gasteiger partial charge >= 0.3 is 6.03 Å². The first-order valence-corrected chi connectivity index (χ1v) is 9.15. The van der Waals surface area contributed by atoms with Crippen LogP contribution < -0.4 is 5.32 Å². The predicted octanol–water partition coefficient (Wildman–Crippen LogP) is 2.42. The molecule has 7 nitrogen and oxygen atoms in total. The van der Waals surface area contributed by atoms with E-state index in [0.717, 1.165) is 48.3 Å². The number of nitrogens with one attached hydrogen (secondary N) is 2. The highest BCUT2D eigenvalue weighted by Crippen LogP contribution is 2.43. The summed E-state index contributed by atoms with van der Waals surface area (Å²) < 4.78 is 2.11. The Hall–Kier alpha value is -2.83. The molecule has 2 aliphatic rings. The van der Waals surface area contributed by atoms with Gasteiger partial charge in [0.25, 0.3) is 0 Å². The summed E-state index contributed by atoms with van der Waals surface area (Å²) in [7, 11) is 0. The van der Waals surface area contributed by atoms with Crippen LogP contribution >= 0.6 is 0 Å². The zero-order valence-corrected chi connectivity index (χ0v) is 15.0. The van der Waals surface area contributed by atoms with Crippen LogP contribution in [0.3, 0.4) is 0 Å². The van der Waals surface area contributed by atoms with Crippen LogP contribution in [0.15, 0.2) is 24.5 Å². The number of fused-ring (bicyclic) bond motifs is 3. The molecule has 0 saturated carbocycles. The average Bonchev–Trinajstić information content (AvgIpc) is 3.27. The maximum Gasteiger partial charge on any atom is 0.317 e. The Bertz CT molecular complexity index is 1010. The molecule has 134 valence electrons. The maximum absolute atomic E-state index is 12.0. The van der Waals surface area contributed by atoms with Gasteiger partial charge in [-0.05, 0) is 38.0 Å². The predicted molar refractivity (Wildman–Crippen MR) is 99.0 cm³/mol. The Morgan fingerprint density at radius 3 is 3.04 bits per heavy atom. The van der Waals surface area contributed by atoms with Crippen molar-refractivity contribution in [1.82, 2.24) is 30.0 Å². The molecule has 1 saturated heterocycles. The number of H-pyrrole nitrogens is 1. The number of rotatable bonds is 2. The van der Waals surface area contributed by atoms with E-state index < -0.39 is 0 Å². The van der Waals surface area contributed by atoms with Crippen LogP contribution in [0.25, 0.3) is 22.3 Å². The fourth-order valence-electron chi connectivity index (χ4n) is 4.29. The number of likely N-dealkylation sites (tertiary alicyclic amines) is 1. The number of hydrogen-bond acceptors (Lipinski definition) is 3. The Labute approximate surface area is 151 Å². The normalized spacial score (nSPS) is 17.5. The van der Waals surface area contributed by atoms with Gasteiger partial charge in [-0.2, -0.15) is 5.10 Å². The fourth-order valence-corrected chi connectivity index (χ4v) is 4.29. The van der Waals surface area contributed by atoms with Gasteiger partial charge in [-0.1, -0.05) is 0 Å². The molecule has 3 aromatic rings. The summed E-state index contributed by atoms with van der Waals surface area (Å²) in [6, 6.07) is 4.38. The number of urea groups is 1. The van der Waals surface area contributed by atoms with E-state index in [1.165, 1.54) is 11.3 Å². The first kappa shape index (κ1) is 15.4. The molecule has 0 aliphatic carbocycles. The van der Waals surface area contributed by atoms with Gasteiger partial charge in [0.1, 0.15) is 5.65 Å². The molecule has 0 unspecified atom stereocenters. The number of carbonyl (C=O) groups is 1. The van der Waals surface area contributed by atoms with Crippen LogP contribution in [0.1, 0.15) is 24.6 Å². The van der Waals surface area contributed by atoms with Crippen LogP contribution in [0.2, 0.25) is 0 Å². The number of aromatic amines is 1. The Kier molecular flexibility index (Phi) is 3.16. The molecule has 0 aromatic carbocycles. The third-order valence-corrected chi connectivity index (χ3v) is 5.76. The lowest BCUT2D eigenvalue weighted by Gasteiger charge is -2.47. The molecule has 1 spiro atoms. The molecule has 1 fully saturated rings. The molecular weight excluding hydrogens is 328 g/mol. The molecule has 0 atom stereocenters. The summed E-state index contributed by atoms with van der Waals surface area (Å²) in [5.41, 5.74) is 5.42. The van der Waals surface area contributed by atoms with Crippen molar-refractivity contribution in [1.29, 1.82) is 0 Å². The molecule has 2 N–H and O–H groups in total. The zero-order chi connectivity index (χ0) is 17.9. The second-order valence-corrected chi connectivity index (χ2v) is 7.45. The lowest BCUT2D eigenvalue weighted by atomic mass is 9.76. The SMILES string of the molecule is CCNC(=O)N1CC2(CCn3nc(-c4cnc5[nH]cc(C)c5c4)cc32)C1. The number of carbonyl (C=O) groups excluding carboxylic acids is 1. The highest BCUT2D eigenvalue weighted by atomic mass is 16.2. The summed E-state index contributed by atoms with van der Waals surface area (Å²) in [6.07, 6.45) is 4.92. The molecule has 26 heavy (non-hydrogen) atoms. The van der Waals surface area contributed by atoms with E-state index in [4.69, 9.17) is 5.10 Å². The summed E-state index contributed by atoms with van der Waals surface area (Å²) in [4.78, 5) is 21.6. The van der Waals surface area contributed by atoms with E-state index in [-0.39, 0.29) is 11.4 Å². The van der Waals surface area contributed by atoms with Gasteiger partial charge in [-0.3, -0.25) is 4.68 Å². The van der Waals surface area contributed by atoms with Crippen LogP contribution in [-0.4, -0.2) is 50.3 Å². The number of aromatic nitrogens is 4. The first-order chi connectivity index (χ1) is 12.6. The monoisotopic (exact) mass is 350 g/mol. The largest absolute Gasteiger partial charge is 0.346 e. The molecule has 0 radical (unpaired) electrons. The minimum absolute atomic E-state index is 0.0360. The van der Waals surface area contributed by atoms with Gasteiger partial charge < -0.3 is 15.2 Å². The fraction of sp³-hybridized carbons (Fsp3) is 0.421. The van der Waals surface area contributed by atoms with Crippen molar-refractivity contribution in [3.05, 3.63) is 35.8 Å². The molecule has 7 heteroatoms. The summed E-state index contributed by atoms with van der Waals surface area (Å²) in [5.74, 6) is 0. The molecule has 2 amide bonds. The Morgan fingerprint density at radius 1 is 1.38 bits per heavy atom.